The van der Waals surface area contributed by atoms with Gasteiger partial charge in [-0.1, -0.05) is 69.8 Å². The van der Waals surface area contributed by atoms with E-state index < -0.39 is 0 Å². The van der Waals surface area contributed by atoms with Gasteiger partial charge < -0.3 is 9.84 Å². The summed E-state index contributed by atoms with van der Waals surface area (Å²) in [5, 5.41) is 11.6. The van der Waals surface area contributed by atoms with Gasteiger partial charge in [0.2, 0.25) is 0 Å². The molecule has 4 aliphatic rings. The molecule has 0 aromatic rings. The van der Waals surface area contributed by atoms with Crippen molar-refractivity contribution in [3.8, 4) is 0 Å². The zero-order valence-electron chi connectivity index (χ0n) is 22.0. The number of ether oxygens (including phenoxy) is 1. The Morgan fingerprint density at radius 3 is 2.45 bits per heavy atom. The fourth-order valence-corrected chi connectivity index (χ4v) is 10.6. The third kappa shape index (κ3) is 4.36. The van der Waals surface area contributed by atoms with Crippen LogP contribution in [0.3, 0.4) is 0 Å². The summed E-state index contributed by atoms with van der Waals surface area (Å²) >= 11 is 4.11. The summed E-state index contributed by atoms with van der Waals surface area (Å²) in [7, 11) is 0. The zero-order valence-corrected chi connectivity index (χ0v) is 23.6. The minimum Gasteiger partial charge on any atom is -0.463 e. The molecule has 0 radical (unpaired) electrons. The van der Waals surface area contributed by atoms with Crippen molar-refractivity contribution in [1.82, 2.24) is 0 Å². The van der Waals surface area contributed by atoms with Crippen LogP contribution in [-0.2, 0) is 9.53 Å². The van der Waals surface area contributed by atoms with Crippen molar-refractivity contribution in [3.63, 3.8) is 0 Å². The van der Waals surface area contributed by atoms with E-state index in [1.54, 1.807) is 0 Å². The molecule has 4 aliphatic carbocycles. The zero-order chi connectivity index (χ0) is 24.2. The molecule has 4 saturated carbocycles. The lowest BCUT2D eigenvalue weighted by atomic mass is 9.43. The maximum Gasteiger partial charge on any atom is 0.302 e. The number of halogens is 1. The van der Waals surface area contributed by atoms with E-state index in [1.807, 2.05) is 0 Å². The standard InChI is InChI=1S/C29H49BrO3/c1-18(2)8-7-9-19(3)23-10-11-24-22-16-26(32)29(30)17-21(33-20(4)31)12-15-28(29,6)25(22)13-14-27(23,24)5/h18-19,21-26,32H,7-17H2,1-6H3/t19?,21-,22?,23+,24?,25?,26+,27+,28+,29-/m0/s1. The summed E-state index contributed by atoms with van der Waals surface area (Å²) in [5.41, 5.74) is 0.504. The lowest BCUT2D eigenvalue weighted by Gasteiger charge is -2.65. The Kier molecular flexibility index (Phi) is 7.41. The minimum absolute atomic E-state index is 0.0638. The Balaban J connectivity index is 1.51. The first kappa shape index (κ1) is 26.0. The fraction of sp³-hybridized carbons (Fsp3) is 0.966. The molecule has 0 aromatic carbocycles. The SMILES string of the molecule is CC(=O)O[C@H]1CC[C@]2(C)C3CC[C@@]4(C)C(CC[C@@H]4C(C)CCCC(C)C)C3C[C@@H](O)[C@@]2(Br)C1. The van der Waals surface area contributed by atoms with E-state index in [4.69, 9.17) is 4.74 Å². The smallest absolute Gasteiger partial charge is 0.302 e. The molecule has 0 heterocycles. The van der Waals surface area contributed by atoms with Crippen LogP contribution in [0.5, 0.6) is 0 Å². The monoisotopic (exact) mass is 524 g/mol. The van der Waals surface area contributed by atoms with Gasteiger partial charge in [0, 0.05) is 13.3 Å². The third-order valence-electron chi connectivity index (χ3n) is 11.3. The van der Waals surface area contributed by atoms with E-state index in [1.165, 1.54) is 51.9 Å². The molecule has 4 heteroatoms. The first-order valence-electron chi connectivity index (χ1n) is 14.0. The molecule has 10 atom stereocenters. The minimum atomic E-state index is -0.369. The second kappa shape index (κ2) is 9.41. The van der Waals surface area contributed by atoms with Gasteiger partial charge in [-0.3, -0.25) is 4.79 Å². The predicted octanol–water partition coefficient (Wildman–Crippen LogP) is 7.53. The second-order valence-corrected chi connectivity index (χ2v) is 14.8. The van der Waals surface area contributed by atoms with Gasteiger partial charge in [0.15, 0.2) is 0 Å². The van der Waals surface area contributed by atoms with Crippen molar-refractivity contribution in [2.45, 2.75) is 129 Å². The number of hydrogen-bond donors (Lipinski definition) is 1. The van der Waals surface area contributed by atoms with Crippen LogP contribution in [0, 0.1) is 46.3 Å². The van der Waals surface area contributed by atoms with E-state index >= 15 is 0 Å². The molecule has 4 fully saturated rings. The molecular weight excluding hydrogens is 476 g/mol. The number of carbonyl (C=O) groups is 1. The summed E-state index contributed by atoms with van der Waals surface area (Å²) in [5.74, 6) is 4.31. The molecule has 4 rings (SSSR count). The molecule has 0 aromatic heterocycles. The summed E-state index contributed by atoms with van der Waals surface area (Å²) < 4.78 is 5.29. The molecular formula is C29H49BrO3. The number of aliphatic hydroxyl groups is 1. The average Bonchev–Trinajstić information content (AvgIpc) is 3.07. The second-order valence-electron chi connectivity index (χ2n) is 13.4. The highest BCUT2D eigenvalue weighted by Crippen LogP contribution is 2.70. The lowest BCUT2D eigenvalue weighted by molar-refractivity contribution is -0.170. The maximum atomic E-state index is 11.6. The quantitative estimate of drug-likeness (QED) is 0.288. The topological polar surface area (TPSA) is 46.5 Å². The highest BCUT2D eigenvalue weighted by molar-refractivity contribution is 9.10. The van der Waals surface area contributed by atoms with Gasteiger partial charge in [0.25, 0.3) is 0 Å². The van der Waals surface area contributed by atoms with E-state index in [0.29, 0.717) is 17.3 Å². The van der Waals surface area contributed by atoms with Crippen LogP contribution in [0.15, 0.2) is 0 Å². The van der Waals surface area contributed by atoms with Crippen LogP contribution >= 0.6 is 15.9 Å². The van der Waals surface area contributed by atoms with Crippen molar-refractivity contribution in [1.29, 1.82) is 0 Å². The molecule has 3 nitrogen and oxygen atoms in total. The molecule has 0 spiro atoms. The molecule has 0 aliphatic heterocycles. The number of esters is 1. The molecule has 33 heavy (non-hydrogen) atoms. The van der Waals surface area contributed by atoms with Crippen LogP contribution in [0.2, 0.25) is 0 Å². The van der Waals surface area contributed by atoms with Crippen molar-refractivity contribution >= 4 is 21.9 Å². The summed E-state index contributed by atoms with van der Waals surface area (Å²) in [6.07, 6.45) is 12.6. The van der Waals surface area contributed by atoms with Crippen molar-refractivity contribution < 1.29 is 14.6 Å². The van der Waals surface area contributed by atoms with Gasteiger partial charge in [-0.2, -0.15) is 0 Å². The Morgan fingerprint density at radius 2 is 1.79 bits per heavy atom. The van der Waals surface area contributed by atoms with Crippen LogP contribution in [-0.4, -0.2) is 27.6 Å². The van der Waals surface area contributed by atoms with Gasteiger partial charge in [0.1, 0.15) is 6.10 Å². The average molecular weight is 526 g/mol. The van der Waals surface area contributed by atoms with Crippen molar-refractivity contribution in [3.05, 3.63) is 0 Å². The van der Waals surface area contributed by atoms with Crippen molar-refractivity contribution in [2.75, 3.05) is 0 Å². The Labute approximate surface area is 211 Å². The van der Waals surface area contributed by atoms with E-state index in [2.05, 4.69) is 50.5 Å². The number of aliphatic hydroxyl groups excluding tert-OH is 1. The number of fused-ring (bicyclic) bond motifs is 5. The first-order chi connectivity index (χ1) is 15.4. The highest BCUT2D eigenvalue weighted by Gasteiger charge is 2.67. The Hall–Kier alpha value is -0.0900. The summed E-state index contributed by atoms with van der Waals surface area (Å²) in [6, 6.07) is 0. The number of rotatable bonds is 6. The molecule has 4 unspecified atom stereocenters. The van der Waals surface area contributed by atoms with E-state index in [9.17, 15) is 9.90 Å². The molecule has 1 N–H and O–H groups in total. The summed E-state index contributed by atoms with van der Waals surface area (Å²) in [4.78, 5) is 11.6. The maximum absolute atomic E-state index is 11.6. The molecule has 0 saturated heterocycles. The van der Waals surface area contributed by atoms with Crippen LogP contribution in [0.4, 0.5) is 0 Å². The van der Waals surface area contributed by atoms with Crippen LogP contribution < -0.4 is 0 Å². The number of alkyl halides is 1. The molecule has 0 bridgehead atoms. The lowest BCUT2D eigenvalue weighted by Crippen LogP contribution is -2.66. The van der Waals surface area contributed by atoms with E-state index in [-0.39, 0.29) is 27.9 Å². The highest BCUT2D eigenvalue weighted by atomic mass is 79.9. The van der Waals surface area contributed by atoms with Crippen LogP contribution in [0.25, 0.3) is 0 Å². The largest absolute Gasteiger partial charge is 0.463 e. The van der Waals surface area contributed by atoms with E-state index in [0.717, 1.165) is 49.4 Å². The Morgan fingerprint density at radius 1 is 1.06 bits per heavy atom. The van der Waals surface area contributed by atoms with Crippen LogP contribution in [0.1, 0.15) is 112 Å². The van der Waals surface area contributed by atoms with Gasteiger partial charge in [-0.25, -0.2) is 0 Å². The van der Waals surface area contributed by atoms with Crippen molar-refractivity contribution in [2.24, 2.45) is 46.3 Å². The first-order valence-corrected chi connectivity index (χ1v) is 14.8. The van der Waals surface area contributed by atoms with Gasteiger partial charge in [-0.05, 0) is 91.3 Å². The molecule has 190 valence electrons. The summed E-state index contributed by atoms with van der Waals surface area (Å²) in [6.45, 7) is 13.8. The molecule has 0 amide bonds. The third-order valence-corrected chi connectivity index (χ3v) is 13.0. The number of carbonyl (C=O) groups excluding carboxylic acids is 1. The predicted molar refractivity (Wildman–Crippen MR) is 138 cm³/mol. The van der Waals surface area contributed by atoms with Gasteiger partial charge in [0.05, 0.1) is 10.4 Å². The fourth-order valence-electron chi connectivity index (χ4n) is 9.56. The van der Waals surface area contributed by atoms with Gasteiger partial charge in [-0.15, -0.1) is 0 Å². The Bertz CT molecular complexity index is 724. The van der Waals surface area contributed by atoms with Gasteiger partial charge >= 0.3 is 5.97 Å². The number of hydrogen-bond acceptors (Lipinski definition) is 3. The normalized spacial score (nSPS) is 48.0.